The molecule has 0 saturated carbocycles. The fourth-order valence-corrected chi connectivity index (χ4v) is 4.56. The Hall–Kier alpha value is -2.79. The summed E-state index contributed by atoms with van der Waals surface area (Å²) >= 11 is 1.48. The highest BCUT2D eigenvalue weighted by atomic mass is 32.1. The maximum Gasteiger partial charge on any atom is 0.303 e. The predicted molar refractivity (Wildman–Crippen MR) is 116 cm³/mol. The van der Waals surface area contributed by atoms with Crippen LogP contribution in [0.3, 0.4) is 0 Å². The van der Waals surface area contributed by atoms with Crippen LogP contribution < -0.4 is 0 Å². The minimum absolute atomic E-state index is 0.0405. The van der Waals surface area contributed by atoms with Crippen LogP contribution in [0.15, 0.2) is 66.3 Å². The van der Waals surface area contributed by atoms with E-state index < -0.39 is 5.97 Å². The first-order valence-corrected chi connectivity index (χ1v) is 10.6. The van der Waals surface area contributed by atoms with Crippen molar-refractivity contribution in [2.45, 2.75) is 32.6 Å². The monoisotopic (exact) mass is 408 g/mol. The van der Waals surface area contributed by atoms with E-state index in [2.05, 4.69) is 0 Å². The molecule has 4 nitrogen and oxygen atoms in total. The molecule has 0 bridgehead atoms. The summed E-state index contributed by atoms with van der Waals surface area (Å²) in [4.78, 5) is 36.2. The Morgan fingerprint density at radius 2 is 2.00 bits per heavy atom. The largest absolute Gasteiger partial charge is 0.481 e. The van der Waals surface area contributed by atoms with Gasteiger partial charge in [-0.3, -0.25) is 14.4 Å². The van der Waals surface area contributed by atoms with E-state index in [1.165, 1.54) is 11.3 Å². The van der Waals surface area contributed by atoms with Gasteiger partial charge in [0.25, 0.3) is 0 Å². The van der Waals surface area contributed by atoms with Crippen molar-refractivity contribution >= 4 is 39.0 Å². The molecule has 1 aromatic heterocycles. The zero-order chi connectivity index (χ0) is 20.8. The summed E-state index contributed by atoms with van der Waals surface area (Å²) in [7, 11) is 0. The first-order chi connectivity index (χ1) is 14.0. The number of hydrogen-bond donors (Lipinski definition) is 1. The van der Waals surface area contributed by atoms with Crippen LogP contribution in [0.5, 0.6) is 0 Å². The molecule has 3 rings (SSSR count). The second-order valence-corrected chi connectivity index (χ2v) is 8.37. The molecular weight excluding hydrogens is 384 g/mol. The number of aliphatic carboxylic acids is 1. The molecule has 0 radical (unpaired) electrons. The molecule has 1 aliphatic carbocycles. The Balaban J connectivity index is 1.62. The second-order valence-electron chi connectivity index (χ2n) is 7.29. The van der Waals surface area contributed by atoms with Crippen LogP contribution in [-0.2, 0) is 9.59 Å². The van der Waals surface area contributed by atoms with Crippen LogP contribution in [0.25, 0.3) is 10.1 Å². The van der Waals surface area contributed by atoms with Gasteiger partial charge in [0, 0.05) is 23.0 Å². The topological polar surface area (TPSA) is 71.4 Å². The molecule has 1 N–H and O–H groups in total. The molecule has 29 heavy (non-hydrogen) atoms. The third kappa shape index (κ3) is 5.39. The minimum Gasteiger partial charge on any atom is -0.481 e. The van der Waals surface area contributed by atoms with Gasteiger partial charge in [-0.15, -0.1) is 11.3 Å². The lowest BCUT2D eigenvalue weighted by molar-refractivity contribution is -0.137. The van der Waals surface area contributed by atoms with Gasteiger partial charge in [-0.2, -0.15) is 0 Å². The third-order valence-corrected chi connectivity index (χ3v) is 6.27. The second kappa shape index (κ2) is 9.61. The molecule has 1 aromatic carbocycles. The van der Waals surface area contributed by atoms with Gasteiger partial charge in [-0.25, -0.2) is 0 Å². The van der Waals surface area contributed by atoms with E-state index in [0.29, 0.717) is 24.1 Å². The number of carboxylic acid groups (broad SMARTS) is 1. The van der Waals surface area contributed by atoms with E-state index in [4.69, 9.17) is 5.11 Å². The van der Waals surface area contributed by atoms with Gasteiger partial charge in [-0.1, -0.05) is 42.0 Å². The summed E-state index contributed by atoms with van der Waals surface area (Å²) < 4.78 is 1.09. The maximum atomic E-state index is 12.6. The highest BCUT2D eigenvalue weighted by molar-refractivity contribution is 7.21. The van der Waals surface area contributed by atoms with Gasteiger partial charge in [0.2, 0.25) is 0 Å². The highest BCUT2D eigenvalue weighted by Gasteiger charge is 2.31. The maximum absolute atomic E-state index is 12.6. The van der Waals surface area contributed by atoms with Crippen molar-refractivity contribution in [3.63, 3.8) is 0 Å². The average Bonchev–Trinajstić information content (AvgIpc) is 3.23. The number of rotatable bonds is 9. The minimum atomic E-state index is -0.794. The number of fused-ring (bicyclic) bond motifs is 1. The highest BCUT2D eigenvalue weighted by Crippen LogP contribution is 2.33. The van der Waals surface area contributed by atoms with Crippen molar-refractivity contribution in [1.29, 1.82) is 0 Å². The predicted octanol–water partition coefficient (Wildman–Crippen LogP) is 5.60. The Morgan fingerprint density at radius 3 is 2.76 bits per heavy atom. The Kier molecular flexibility index (Phi) is 6.94. The number of carbonyl (C=O) groups is 3. The van der Waals surface area contributed by atoms with Crippen molar-refractivity contribution in [2.75, 3.05) is 0 Å². The normalized spacial score (nSPS) is 19.5. The Morgan fingerprint density at radius 1 is 1.21 bits per heavy atom. The number of hydrogen-bond acceptors (Lipinski definition) is 4. The van der Waals surface area contributed by atoms with E-state index >= 15 is 0 Å². The van der Waals surface area contributed by atoms with Crippen LogP contribution in [0.4, 0.5) is 0 Å². The standard InChI is InChI=1S/C24H24O4S/c1-16-14-21(26)19(9-4-2-3-5-11-24(27)28)18(16)12-13-20(25)23-15-17-8-6-7-10-22(17)29-23/h2,4,6-8,10,12-15,18-19H,3,5,9,11H2,1H3,(H,27,28)/t18-,19+/m0/s1. The molecule has 5 heteroatoms. The molecule has 0 aliphatic heterocycles. The lowest BCUT2D eigenvalue weighted by atomic mass is 9.87. The first kappa shape index (κ1) is 20.9. The van der Waals surface area contributed by atoms with Gasteiger partial charge >= 0.3 is 5.97 Å². The van der Waals surface area contributed by atoms with Gasteiger partial charge in [0.15, 0.2) is 11.6 Å². The van der Waals surface area contributed by atoms with Crippen LogP contribution in [0.1, 0.15) is 42.3 Å². The number of unbranched alkanes of at least 4 members (excludes halogenated alkanes) is 1. The van der Waals surface area contributed by atoms with Crippen molar-refractivity contribution < 1.29 is 19.5 Å². The van der Waals surface area contributed by atoms with Gasteiger partial charge in [-0.05, 0) is 55.9 Å². The van der Waals surface area contributed by atoms with Crippen molar-refractivity contribution in [1.82, 2.24) is 0 Å². The number of benzene rings is 1. The van der Waals surface area contributed by atoms with Crippen LogP contribution in [-0.4, -0.2) is 22.6 Å². The zero-order valence-electron chi connectivity index (χ0n) is 16.3. The van der Waals surface area contributed by atoms with E-state index in [1.54, 1.807) is 12.2 Å². The van der Waals surface area contributed by atoms with Crippen molar-refractivity contribution in [3.8, 4) is 0 Å². The van der Waals surface area contributed by atoms with E-state index in [9.17, 15) is 14.4 Å². The average molecular weight is 409 g/mol. The summed E-state index contributed by atoms with van der Waals surface area (Å²) in [6, 6.07) is 9.82. The zero-order valence-corrected chi connectivity index (χ0v) is 17.2. The molecule has 150 valence electrons. The summed E-state index contributed by atoms with van der Waals surface area (Å²) in [5.74, 6) is -1.03. The summed E-state index contributed by atoms with van der Waals surface area (Å²) in [6.45, 7) is 1.92. The fraction of sp³-hybridized carbons (Fsp3) is 0.292. The number of carboxylic acids is 1. The third-order valence-electron chi connectivity index (χ3n) is 5.14. The number of thiophene rings is 1. The lowest BCUT2D eigenvalue weighted by Gasteiger charge is -2.15. The molecule has 1 aliphatic rings. The van der Waals surface area contributed by atoms with Crippen LogP contribution in [0.2, 0.25) is 0 Å². The van der Waals surface area contributed by atoms with Gasteiger partial charge in [0.1, 0.15) is 0 Å². The smallest absolute Gasteiger partial charge is 0.303 e. The summed E-state index contributed by atoms with van der Waals surface area (Å²) in [5.41, 5.74) is 0.972. The van der Waals surface area contributed by atoms with Gasteiger partial charge in [0.05, 0.1) is 4.88 Å². The summed E-state index contributed by atoms with van der Waals surface area (Å²) in [6.07, 6.45) is 11.0. The first-order valence-electron chi connectivity index (χ1n) is 9.75. The molecule has 0 fully saturated rings. The molecule has 0 amide bonds. The molecule has 0 spiro atoms. The quantitative estimate of drug-likeness (QED) is 0.254. The number of ketones is 2. The van der Waals surface area contributed by atoms with Gasteiger partial charge < -0.3 is 5.11 Å². The molecule has 0 unspecified atom stereocenters. The van der Waals surface area contributed by atoms with Crippen LogP contribution in [0, 0.1) is 11.8 Å². The van der Waals surface area contributed by atoms with Crippen molar-refractivity contribution in [2.24, 2.45) is 11.8 Å². The van der Waals surface area contributed by atoms with Crippen LogP contribution >= 0.6 is 11.3 Å². The molecule has 2 aromatic rings. The Labute approximate surface area is 174 Å². The summed E-state index contributed by atoms with van der Waals surface area (Å²) in [5, 5.41) is 9.72. The molecule has 1 heterocycles. The van der Waals surface area contributed by atoms with E-state index in [-0.39, 0.29) is 29.8 Å². The molecule has 2 atom stereocenters. The van der Waals surface area contributed by atoms with E-state index in [1.807, 2.05) is 55.5 Å². The van der Waals surface area contributed by atoms with Crippen molar-refractivity contribution in [3.05, 3.63) is 71.2 Å². The fourth-order valence-electron chi connectivity index (χ4n) is 3.58. The molecule has 0 saturated heterocycles. The lowest BCUT2D eigenvalue weighted by Crippen LogP contribution is -2.15. The number of carbonyl (C=O) groups excluding carboxylic acids is 2. The SMILES string of the molecule is CC1=CC(=O)[C@H](CC=CCCCC(=O)O)[C@H]1C=CC(=O)c1cc2ccccc2s1. The Bertz CT molecular complexity index is 976. The number of allylic oxidation sites excluding steroid dienone is 6. The molecular formula is C24H24O4S. The van der Waals surface area contributed by atoms with E-state index in [0.717, 1.165) is 15.7 Å².